The Morgan fingerprint density at radius 1 is 1.24 bits per heavy atom. The normalized spacial score (nSPS) is 11.7. The van der Waals surface area contributed by atoms with Gasteiger partial charge in [-0.1, -0.05) is 0 Å². The average molecular weight is 363 g/mol. The molecule has 1 atom stereocenters. The third-order valence-corrected chi connectivity index (χ3v) is 4.57. The van der Waals surface area contributed by atoms with Crippen LogP contribution in [-0.2, 0) is 4.79 Å². The van der Waals surface area contributed by atoms with Crippen molar-refractivity contribution in [3.05, 3.63) is 28.8 Å². The number of aryl methyl sites for hydroxylation is 2. The monoisotopic (exact) mass is 363 g/mol. The summed E-state index contributed by atoms with van der Waals surface area (Å²) in [7, 11) is 0. The summed E-state index contributed by atoms with van der Waals surface area (Å²) in [5, 5.41) is 6.66. The molecule has 0 aliphatic carbocycles. The van der Waals surface area contributed by atoms with Crippen LogP contribution in [0.4, 0.5) is 10.8 Å². The lowest BCUT2D eigenvalue weighted by molar-refractivity contribution is -0.116. The van der Waals surface area contributed by atoms with Crippen LogP contribution in [-0.4, -0.2) is 30.1 Å². The number of carbonyl (C=O) groups excluding carboxylic acids is 1. The third-order valence-electron chi connectivity index (χ3n) is 3.59. The van der Waals surface area contributed by atoms with Gasteiger partial charge in [-0.05, 0) is 46.8 Å². The molecule has 0 saturated carbocycles. The summed E-state index contributed by atoms with van der Waals surface area (Å²) < 4.78 is 11.2. The summed E-state index contributed by atoms with van der Waals surface area (Å²) in [4.78, 5) is 17.9. The van der Waals surface area contributed by atoms with Gasteiger partial charge >= 0.3 is 0 Å². The minimum Gasteiger partial charge on any atom is -0.494 e. The van der Waals surface area contributed by atoms with Crippen molar-refractivity contribution in [3.8, 4) is 11.5 Å². The lowest BCUT2D eigenvalue weighted by Gasteiger charge is -2.18. The van der Waals surface area contributed by atoms with Crippen molar-refractivity contribution < 1.29 is 14.3 Å². The number of nitrogens with zero attached hydrogens (tertiary/aromatic N) is 1. The molecule has 1 aromatic carbocycles. The van der Waals surface area contributed by atoms with E-state index in [1.165, 1.54) is 11.3 Å². The number of ether oxygens (including phenoxy) is 2. The number of thiazole rings is 1. The highest BCUT2D eigenvalue weighted by Gasteiger charge is 2.17. The molecule has 0 fully saturated rings. The second-order valence-corrected chi connectivity index (χ2v) is 6.74. The Bertz CT molecular complexity index is 711. The predicted octanol–water partition coefficient (Wildman–Crippen LogP) is 4.00. The van der Waals surface area contributed by atoms with Crippen LogP contribution >= 0.6 is 11.3 Å². The summed E-state index contributed by atoms with van der Waals surface area (Å²) in [6.07, 6.45) is 0. The molecule has 0 radical (unpaired) electrons. The van der Waals surface area contributed by atoms with E-state index in [9.17, 15) is 4.79 Å². The Balaban J connectivity index is 2.10. The number of nitrogens with one attached hydrogen (secondary N) is 2. The zero-order valence-corrected chi connectivity index (χ0v) is 16.1. The summed E-state index contributed by atoms with van der Waals surface area (Å²) in [6, 6.07) is 5.08. The molecule has 1 amide bonds. The lowest BCUT2D eigenvalue weighted by Crippen LogP contribution is -2.32. The topological polar surface area (TPSA) is 72.5 Å². The van der Waals surface area contributed by atoms with Crippen LogP contribution in [0, 0.1) is 13.8 Å². The van der Waals surface area contributed by atoms with Crippen molar-refractivity contribution in [2.45, 2.75) is 40.7 Å². The van der Waals surface area contributed by atoms with Crippen molar-refractivity contribution in [2.24, 2.45) is 0 Å². The standard InChI is InChI=1S/C18H25N3O3S/c1-6-23-14-8-9-16(24-7-2)15(10-14)19-12(4)17(22)21-18-20-11(3)13(5)25-18/h8-10,12,19H,6-7H2,1-5H3,(H,20,21,22). The van der Waals surface area contributed by atoms with Gasteiger partial charge < -0.3 is 20.1 Å². The average Bonchev–Trinajstić information content (AvgIpc) is 2.88. The first-order valence-electron chi connectivity index (χ1n) is 8.35. The van der Waals surface area contributed by atoms with Crippen LogP contribution in [0.15, 0.2) is 18.2 Å². The molecule has 1 aromatic heterocycles. The number of benzene rings is 1. The first kappa shape index (κ1) is 19.1. The number of hydrogen-bond donors (Lipinski definition) is 2. The summed E-state index contributed by atoms with van der Waals surface area (Å²) in [5.41, 5.74) is 1.66. The quantitative estimate of drug-likeness (QED) is 0.742. The van der Waals surface area contributed by atoms with Gasteiger partial charge in [-0.25, -0.2) is 4.98 Å². The highest BCUT2D eigenvalue weighted by atomic mass is 32.1. The van der Waals surface area contributed by atoms with Crippen LogP contribution in [0.3, 0.4) is 0 Å². The SMILES string of the molecule is CCOc1ccc(OCC)c(NC(C)C(=O)Nc2nc(C)c(C)s2)c1. The van der Waals surface area contributed by atoms with Gasteiger partial charge in [-0.15, -0.1) is 11.3 Å². The molecule has 136 valence electrons. The molecular weight excluding hydrogens is 338 g/mol. The first-order valence-corrected chi connectivity index (χ1v) is 9.17. The number of carbonyl (C=O) groups is 1. The van der Waals surface area contributed by atoms with E-state index in [2.05, 4.69) is 15.6 Å². The highest BCUT2D eigenvalue weighted by Crippen LogP contribution is 2.30. The van der Waals surface area contributed by atoms with Gasteiger partial charge in [-0.3, -0.25) is 4.79 Å². The van der Waals surface area contributed by atoms with Gasteiger partial charge in [0.25, 0.3) is 0 Å². The van der Waals surface area contributed by atoms with Gasteiger partial charge in [0.05, 0.1) is 24.6 Å². The van der Waals surface area contributed by atoms with E-state index >= 15 is 0 Å². The second kappa shape index (κ2) is 8.71. The minimum atomic E-state index is -0.458. The van der Waals surface area contributed by atoms with Gasteiger partial charge in [0.1, 0.15) is 17.5 Å². The number of aromatic nitrogens is 1. The van der Waals surface area contributed by atoms with Crippen molar-refractivity contribution in [3.63, 3.8) is 0 Å². The van der Waals surface area contributed by atoms with Gasteiger partial charge in [0.2, 0.25) is 5.91 Å². The largest absolute Gasteiger partial charge is 0.494 e. The van der Waals surface area contributed by atoms with E-state index < -0.39 is 6.04 Å². The summed E-state index contributed by atoms with van der Waals surface area (Å²) in [6.45, 7) is 10.7. The van der Waals surface area contributed by atoms with Crippen molar-refractivity contribution >= 4 is 28.1 Å². The predicted molar refractivity (Wildman–Crippen MR) is 102 cm³/mol. The summed E-state index contributed by atoms with van der Waals surface area (Å²) in [5.74, 6) is 1.26. The number of hydrogen-bond acceptors (Lipinski definition) is 6. The number of anilines is 2. The van der Waals surface area contributed by atoms with Crippen LogP contribution in [0.1, 0.15) is 31.3 Å². The molecule has 25 heavy (non-hydrogen) atoms. The molecule has 1 heterocycles. The maximum absolute atomic E-state index is 12.4. The smallest absolute Gasteiger partial charge is 0.248 e. The van der Waals surface area contributed by atoms with Crippen molar-refractivity contribution in [2.75, 3.05) is 23.8 Å². The third kappa shape index (κ3) is 5.09. The second-order valence-electron chi connectivity index (χ2n) is 5.54. The zero-order chi connectivity index (χ0) is 18.4. The molecule has 0 aliphatic heterocycles. The molecule has 7 heteroatoms. The summed E-state index contributed by atoms with van der Waals surface area (Å²) >= 11 is 1.47. The zero-order valence-electron chi connectivity index (χ0n) is 15.3. The number of rotatable bonds is 8. The van der Waals surface area contributed by atoms with Gasteiger partial charge in [-0.2, -0.15) is 0 Å². The molecule has 1 unspecified atom stereocenters. The van der Waals surface area contributed by atoms with Crippen LogP contribution in [0.25, 0.3) is 0 Å². The molecule has 2 rings (SSSR count). The van der Waals surface area contributed by atoms with Crippen LogP contribution in [0.2, 0.25) is 0 Å². The van der Waals surface area contributed by atoms with Gasteiger partial charge in [0.15, 0.2) is 5.13 Å². The molecule has 2 N–H and O–H groups in total. The Kier molecular flexibility index (Phi) is 6.64. The first-order chi connectivity index (χ1) is 11.9. The molecule has 2 aromatic rings. The maximum atomic E-state index is 12.4. The number of amides is 1. The van der Waals surface area contributed by atoms with Gasteiger partial charge in [0, 0.05) is 10.9 Å². The fourth-order valence-electron chi connectivity index (χ4n) is 2.20. The Morgan fingerprint density at radius 3 is 2.56 bits per heavy atom. The molecule has 0 aliphatic rings. The fourth-order valence-corrected chi connectivity index (χ4v) is 3.02. The molecule has 0 spiro atoms. The van der Waals surface area contributed by atoms with E-state index in [0.717, 1.165) is 22.0 Å². The Morgan fingerprint density at radius 2 is 1.96 bits per heavy atom. The minimum absolute atomic E-state index is 0.155. The Hall–Kier alpha value is -2.28. The van der Waals surface area contributed by atoms with Crippen molar-refractivity contribution in [1.29, 1.82) is 0 Å². The van der Waals surface area contributed by atoms with E-state index in [-0.39, 0.29) is 5.91 Å². The van der Waals surface area contributed by atoms with Crippen molar-refractivity contribution in [1.82, 2.24) is 4.98 Å². The van der Waals surface area contributed by atoms with E-state index in [4.69, 9.17) is 9.47 Å². The molecule has 6 nitrogen and oxygen atoms in total. The van der Waals surface area contributed by atoms with E-state index in [0.29, 0.717) is 24.1 Å². The maximum Gasteiger partial charge on any atom is 0.248 e. The van der Waals surface area contributed by atoms with E-state index in [1.807, 2.05) is 45.9 Å². The van der Waals surface area contributed by atoms with Crippen LogP contribution in [0.5, 0.6) is 11.5 Å². The van der Waals surface area contributed by atoms with Crippen LogP contribution < -0.4 is 20.1 Å². The highest BCUT2D eigenvalue weighted by molar-refractivity contribution is 7.15. The molecular formula is C18H25N3O3S. The van der Waals surface area contributed by atoms with E-state index in [1.54, 1.807) is 6.92 Å². The Labute approximate surface area is 152 Å². The molecule has 0 saturated heterocycles. The molecule has 0 bridgehead atoms. The lowest BCUT2D eigenvalue weighted by atomic mass is 10.2. The fraction of sp³-hybridized carbons (Fsp3) is 0.444.